The summed E-state index contributed by atoms with van der Waals surface area (Å²) in [6, 6.07) is 8.23. The summed E-state index contributed by atoms with van der Waals surface area (Å²) in [4.78, 5) is 27.7. The van der Waals surface area contributed by atoms with Gasteiger partial charge in [0.1, 0.15) is 0 Å². The molecule has 5 nitrogen and oxygen atoms in total. The number of piperidine rings is 1. The molecule has 2 heterocycles. The Morgan fingerprint density at radius 2 is 2.05 bits per heavy atom. The Bertz CT molecular complexity index is 558. The monoisotopic (exact) mass is 287 g/mol. The predicted octanol–water partition coefficient (Wildman–Crippen LogP) is 1.77. The van der Waals surface area contributed by atoms with Crippen molar-refractivity contribution in [2.45, 2.75) is 32.2 Å². The van der Waals surface area contributed by atoms with Gasteiger partial charge in [-0.15, -0.1) is 0 Å². The van der Waals surface area contributed by atoms with Gasteiger partial charge in [-0.3, -0.25) is 9.69 Å². The van der Waals surface area contributed by atoms with Crippen molar-refractivity contribution in [1.29, 1.82) is 0 Å². The fraction of sp³-hybridized carbons (Fsp3) is 0.500. The average molecular weight is 287 g/mol. The number of rotatable bonds is 1. The summed E-state index contributed by atoms with van der Waals surface area (Å²) in [5, 5.41) is 2.92. The van der Waals surface area contributed by atoms with Gasteiger partial charge in [0, 0.05) is 38.3 Å². The first-order valence-corrected chi connectivity index (χ1v) is 7.56. The molecule has 0 aliphatic carbocycles. The van der Waals surface area contributed by atoms with E-state index in [0.717, 1.165) is 38.0 Å². The molecule has 5 heteroatoms. The van der Waals surface area contributed by atoms with E-state index in [9.17, 15) is 9.59 Å². The fourth-order valence-electron chi connectivity index (χ4n) is 3.26. The highest BCUT2D eigenvalue weighted by atomic mass is 16.2. The molecular weight excluding hydrogens is 266 g/mol. The molecule has 21 heavy (non-hydrogen) atoms. The van der Waals surface area contributed by atoms with Gasteiger partial charge in [-0.25, -0.2) is 4.79 Å². The Morgan fingerprint density at radius 1 is 1.24 bits per heavy atom. The van der Waals surface area contributed by atoms with E-state index in [1.807, 2.05) is 28.0 Å². The minimum atomic E-state index is -0.0270. The maximum atomic E-state index is 12.7. The quantitative estimate of drug-likeness (QED) is 0.856. The lowest BCUT2D eigenvalue weighted by Gasteiger charge is -2.35. The van der Waals surface area contributed by atoms with Crippen LogP contribution in [0, 0.1) is 0 Å². The average Bonchev–Trinajstić information content (AvgIpc) is 2.90. The molecule has 1 N–H and O–H groups in total. The highest BCUT2D eigenvalue weighted by molar-refractivity contribution is 5.94. The molecule has 0 unspecified atom stereocenters. The largest absolute Gasteiger partial charge is 0.352 e. The highest BCUT2D eigenvalue weighted by Crippen LogP contribution is 2.29. The van der Waals surface area contributed by atoms with Crippen molar-refractivity contribution in [3.63, 3.8) is 0 Å². The molecule has 0 aromatic heterocycles. The van der Waals surface area contributed by atoms with E-state index in [2.05, 4.69) is 11.4 Å². The van der Waals surface area contributed by atoms with Crippen LogP contribution in [0.5, 0.6) is 0 Å². The summed E-state index contributed by atoms with van der Waals surface area (Å²) < 4.78 is 0. The molecule has 3 rings (SSSR count). The predicted molar refractivity (Wildman–Crippen MR) is 81.3 cm³/mol. The summed E-state index contributed by atoms with van der Waals surface area (Å²) in [6.45, 7) is 3.65. The SMILES string of the molecule is CC(=O)N[C@@H]1CCCN(C(=O)N2CCc3ccccc32)C1. The first-order valence-electron chi connectivity index (χ1n) is 7.56. The second-order valence-electron chi connectivity index (χ2n) is 5.80. The van der Waals surface area contributed by atoms with E-state index in [1.54, 1.807) is 0 Å². The Kier molecular flexibility index (Phi) is 3.82. The number of urea groups is 1. The molecule has 1 atom stereocenters. The number of nitrogens with one attached hydrogen (secondary N) is 1. The lowest BCUT2D eigenvalue weighted by atomic mass is 10.1. The van der Waals surface area contributed by atoms with Gasteiger partial charge < -0.3 is 10.2 Å². The Balaban J connectivity index is 1.70. The molecule has 2 aliphatic heterocycles. The van der Waals surface area contributed by atoms with Gasteiger partial charge in [-0.1, -0.05) is 18.2 Å². The topological polar surface area (TPSA) is 52.7 Å². The van der Waals surface area contributed by atoms with Gasteiger partial charge in [0.15, 0.2) is 0 Å². The van der Waals surface area contributed by atoms with Crippen molar-refractivity contribution in [3.05, 3.63) is 29.8 Å². The van der Waals surface area contributed by atoms with Crippen LogP contribution >= 0.6 is 0 Å². The zero-order chi connectivity index (χ0) is 14.8. The van der Waals surface area contributed by atoms with Crippen LogP contribution in [0.25, 0.3) is 0 Å². The summed E-state index contributed by atoms with van der Waals surface area (Å²) in [7, 11) is 0. The van der Waals surface area contributed by atoms with E-state index in [4.69, 9.17) is 0 Å². The number of hydrogen-bond donors (Lipinski definition) is 1. The third kappa shape index (κ3) is 2.86. The number of para-hydroxylation sites is 1. The molecular formula is C16H21N3O2. The van der Waals surface area contributed by atoms with E-state index < -0.39 is 0 Å². The normalized spacial score (nSPS) is 21.1. The van der Waals surface area contributed by atoms with Crippen LogP contribution < -0.4 is 10.2 Å². The van der Waals surface area contributed by atoms with Gasteiger partial charge in [0.05, 0.1) is 0 Å². The summed E-state index contributed by atoms with van der Waals surface area (Å²) in [6.07, 6.45) is 2.80. The standard InChI is InChI=1S/C16H21N3O2/c1-12(20)17-14-6-4-9-18(11-14)16(21)19-10-8-13-5-2-3-7-15(13)19/h2-3,5,7,14H,4,6,8-11H2,1H3,(H,17,20)/t14-/m1/s1. The molecule has 0 bridgehead atoms. The van der Waals surface area contributed by atoms with Gasteiger partial charge in [-0.05, 0) is 30.9 Å². The number of likely N-dealkylation sites (tertiary alicyclic amines) is 1. The Hall–Kier alpha value is -2.04. The van der Waals surface area contributed by atoms with Crippen LogP contribution in [0.3, 0.4) is 0 Å². The molecule has 0 spiro atoms. The molecule has 112 valence electrons. The van der Waals surface area contributed by atoms with Gasteiger partial charge >= 0.3 is 6.03 Å². The number of benzene rings is 1. The zero-order valence-corrected chi connectivity index (χ0v) is 12.3. The smallest absolute Gasteiger partial charge is 0.324 e. The minimum Gasteiger partial charge on any atom is -0.352 e. The maximum Gasteiger partial charge on any atom is 0.324 e. The summed E-state index contributed by atoms with van der Waals surface area (Å²) >= 11 is 0. The van der Waals surface area contributed by atoms with Gasteiger partial charge in [0.2, 0.25) is 5.91 Å². The lowest BCUT2D eigenvalue weighted by molar-refractivity contribution is -0.119. The first kappa shape index (κ1) is 13.9. The van der Waals surface area contributed by atoms with Crippen molar-refractivity contribution in [2.24, 2.45) is 0 Å². The van der Waals surface area contributed by atoms with Crippen molar-refractivity contribution < 1.29 is 9.59 Å². The van der Waals surface area contributed by atoms with Gasteiger partial charge in [-0.2, -0.15) is 0 Å². The molecule has 1 aromatic rings. The second-order valence-corrected chi connectivity index (χ2v) is 5.80. The minimum absolute atomic E-state index is 0.0270. The van der Waals surface area contributed by atoms with Crippen LogP contribution in [0.1, 0.15) is 25.3 Å². The van der Waals surface area contributed by atoms with Crippen LogP contribution in [0.15, 0.2) is 24.3 Å². The van der Waals surface area contributed by atoms with E-state index in [1.165, 1.54) is 12.5 Å². The lowest BCUT2D eigenvalue weighted by Crippen LogP contribution is -2.52. The summed E-state index contributed by atoms with van der Waals surface area (Å²) in [5.41, 5.74) is 2.27. The third-order valence-corrected chi connectivity index (χ3v) is 4.22. The molecule has 0 radical (unpaired) electrons. The van der Waals surface area contributed by atoms with Crippen molar-refractivity contribution in [3.8, 4) is 0 Å². The number of anilines is 1. The molecule has 1 aromatic carbocycles. The Labute approximate surface area is 124 Å². The summed E-state index contributed by atoms with van der Waals surface area (Å²) in [5.74, 6) is -0.0270. The molecule has 0 saturated carbocycles. The number of nitrogens with zero attached hydrogens (tertiary/aromatic N) is 2. The van der Waals surface area contributed by atoms with E-state index in [0.29, 0.717) is 6.54 Å². The van der Waals surface area contributed by atoms with Gasteiger partial charge in [0.25, 0.3) is 0 Å². The highest BCUT2D eigenvalue weighted by Gasteiger charge is 2.31. The number of amides is 3. The van der Waals surface area contributed by atoms with E-state index in [-0.39, 0.29) is 18.0 Å². The number of fused-ring (bicyclic) bond motifs is 1. The number of carbonyl (C=O) groups excluding carboxylic acids is 2. The van der Waals surface area contributed by atoms with Crippen LogP contribution in [-0.2, 0) is 11.2 Å². The molecule has 1 fully saturated rings. The Morgan fingerprint density at radius 3 is 2.86 bits per heavy atom. The van der Waals surface area contributed by atoms with Crippen molar-refractivity contribution >= 4 is 17.6 Å². The van der Waals surface area contributed by atoms with E-state index >= 15 is 0 Å². The van der Waals surface area contributed by atoms with Crippen LogP contribution in [0.4, 0.5) is 10.5 Å². The van der Waals surface area contributed by atoms with Crippen LogP contribution in [-0.4, -0.2) is 42.5 Å². The maximum absolute atomic E-state index is 12.7. The second kappa shape index (κ2) is 5.76. The molecule has 1 saturated heterocycles. The fourth-order valence-corrected chi connectivity index (χ4v) is 3.26. The van der Waals surface area contributed by atoms with Crippen LogP contribution in [0.2, 0.25) is 0 Å². The molecule has 3 amide bonds. The van der Waals surface area contributed by atoms with Crippen molar-refractivity contribution in [1.82, 2.24) is 10.2 Å². The first-order chi connectivity index (χ1) is 10.1. The number of hydrogen-bond acceptors (Lipinski definition) is 2. The molecule has 2 aliphatic rings. The third-order valence-electron chi connectivity index (χ3n) is 4.22. The number of carbonyl (C=O) groups is 2. The zero-order valence-electron chi connectivity index (χ0n) is 12.3. The van der Waals surface area contributed by atoms with Crippen molar-refractivity contribution in [2.75, 3.05) is 24.5 Å².